The monoisotopic (exact) mass is 172 g/mol. The molecular weight excluding hydrogens is 164 g/mol. The van der Waals surface area contributed by atoms with Gasteiger partial charge < -0.3 is 10.3 Å². The van der Waals surface area contributed by atoms with Gasteiger partial charge in [0.05, 0.1) is 0 Å². The average Bonchev–Trinajstić information content (AvgIpc) is 1.99. The van der Waals surface area contributed by atoms with E-state index in [2.05, 4.69) is 9.98 Å². The van der Waals surface area contributed by atoms with Crippen LogP contribution in [0.3, 0.4) is 0 Å². The van der Waals surface area contributed by atoms with Crippen LogP contribution in [0.15, 0.2) is 11.1 Å². The van der Waals surface area contributed by atoms with Gasteiger partial charge in [0, 0.05) is 20.2 Å². The Bertz CT molecular complexity index is 302. The topological polar surface area (TPSA) is 56.2 Å². The Labute approximate surface area is 69.3 Å². The Morgan fingerprint density at radius 1 is 1.73 bits per heavy atom. The molecule has 1 aromatic heterocycles. The summed E-state index contributed by atoms with van der Waals surface area (Å²) in [5.41, 5.74) is 6.05. The Morgan fingerprint density at radius 2 is 2.36 bits per heavy atom. The molecule has 0 saturated carbocycles. The summed E-state index contributed by atoms with van der Waals surface area (Å²) in [6.45, 7) is 0. The molecule has 0 spiro atoms. The van der Waals surface area contributed by atoms with Crippen molar-refractivity contribution in [3.05, 3.63) is 16.7 Å². The van der Waals surface area contributed by atoms with Gasteiger partial charge >= 0.3 is 0 Å². The molecule has 0 aliphatic heterocycles. The second-order valence-corrected chi connectivity index (χ2v) is 2.47. The second kappa shape index (κ2) is 2.92. The molecule has 0 bridgehead atoms. The number of hydrogen-bond donors (Lipinski definition) is 1. The fourth-order valence-corrected chi connectivity index (χ4v) is 0.836. The van der Waals surface area contributed by atoms with Gasteiger partial charge in [-0.15, -0.1) is 0 Å². The van der Waals surface area contributed by atoms with Gasteiger partial charge in [-0.25, -0.2) is 0 Å². The molecule has 0 radical (unpaired) electrons. The minimum absolute atomic E-state index is 0.359. The zero-order valence-corrected chi connectivity index (χ0v) is 7.13. The van der Waals surface area contributed by atoms with Crippen LogP contribution in [0.5, 0.6) is 0 Å². The summed E-state index contributed by atoms with van der Waals surface area (Å²) < 4.78 is 1.58. The fourth-order valence-electron chi connectivity index (χ4n) is 0.652. The molecule has 5 heteroatoms. The lowest BCUT2D eigenvalue weighted by Gasteiger charge is -2.03. The van der Waals surface area contributed by atoms with Crippen LogP contribution in [0.4, 0.5) is 5.95 Å². The van der Waals surface area contributed by atoms with Gasteiger partial charge in [-0.2, -0.15) is 4.98 Å². The van der Waals surface area contributed by atoms with E-state index in [1.807, 2.05) is 0 Å². The van der Waals surface area contributed by atoms with Crippen LogP contribution in [0.2, 0.25) is 5.15 Å². The highest BCUT2D eigenvalue weighted by molar-refractivity contribution is 6.29. The van der Waals surface area contributed by atoms with Crippen molar-refractivity contribution in [3.8, 4) is 0 Å². The van der Waals surface area contributed by atoms with Crippen molar-refractivity contribution in [3.63, 3.8) is 0 Å². The molecule has 1 rings (SSSR count). The summed E-state index contributed by atoms with van der Waals surface area (Å²) in [7, 11) is 3.38. The van der Waals surface area contributed by atoms with Crippen LogP contribution >= 0.6 is 11.6 Å². The maximum Gasteiger partial charge on any atom is 0.202 e. The first-order valence-electron chi connectivity index (χ1n) is 3.07. The fraction of sp³-hybridized carbons (Fsp3) is 0.333. The number of halogens is 1. The Morgan fingerprint density at radius 3 is 2.82 bits per heavy atom. The molecule has 0 atom stereocenters. The number of rotatable bonds is 0. The molecule has 0 saturated heterocycles. The van der Waals surface area contributed by atoms with Gasteiger partial charge in [0.2, 0.25) is 5.95 Å². The third-order valence-electron chi connectivity index (χ3n) is 1.37. The molecule has 2 N–H and O–H groups in total. The van der Waals surface area contributed by atoms with Gasteiger partial charge in [0.15, 0.2) is 5.49 Å². The lowest BCUT2D eigenvalue weighted by molar-refractivity contribution is 0.864. The van der Waals surface area contributed by atoms with E-state index in [-0.39, 0.29) is 0 Å². The predicted octanol–water partition coefficient (Wildman–Crippen LogP) is 0.186. The number of nitrogen functional groups attached to an aromatic ring is 1. The SMILES string of the molecule is CN=c1cc(Cl)n(C)c(N)n1. The van der Waals surface area contributed by atoms with E-state index in [0.717, 1.165) is 0 Å². The van der Waals surface area contributed by atoms with Crippen LogP contribution in [-0.2, 0) is 7.05 Å². The Kier molecular flexibility index (Phi) is 2.14. The number of nitrogens with two attached hydrogens (primary N) is 1. The van der Waals surface area contributed by atoms with E-state index >= 15 is 0 Å². The van der Waals surface area contributed by atoms with Crippen molar-refractivity contribution in [2.24, 2.45) is 12.0 Å². The quantitative estimate of drug-likeness (QED) is 0.568. The van der Waals surface area contributed by atoms with Crippen molar-refractivity contribution >= 4 is 17.5 Å². The van der Waals surface area contributed by atoms with E-state index < -0.39 is 0 Å². The van der Waals surface area contributed by atoms with E-state index in [4.69, 9.17) is 17.3 Å². The highest BCUT2D eigenvalue weighted by Gasteiger charge is 1.96. The number of anilines is 1. The molecule has 4 nitrogen and oxygen atoms in total. The van der Waals surface area contributed by atoms with Crippen molar-refractivity contribution in [2.45, 2.75) is 0 Å². The number of hydrogen-bond acceptors (Lipinski definition) is 3. The first-order valence-corrected chi connectivity index (χ1v) is 3.45. The first kappa shape index (κ1) is 8.07. The molecule has 1 aromatic rings. The molecule has 60 valence electrons. The van der Waals surface area contributed by atoms with Gasteiger partial charge in [-0.3, -0.25) is 4.99 Å². The Balaban J connectivity index is 3.45. The average molecular weight is 173 g/mol. The van der Waals surface area contributed by atoms with Crippen LogP contribution < -0.4 is 11.2 Å². The zero-order chi connectivity index (χ0) is 8.43. The second-order valence-electron chi connectivity index (χ2n) is 2.08. The molecule has 1 heterocycles. The molecule has 0 unspecified atom stereocenters. The maximum atomic E-state index is 5.78. The maximum absolute atomic E-state index is 5.78. The molecule has 0 fully saturated rings. The zero-order valence-electron chi connectivity index (χ0n) is 6.37. The number of aromatic nitrogens is 2. The van der Waals surface area contributed by atoms with E-state index in [0.29, 0.717) is 16.6 Å². The largest absolute Gasteiger partial charge is 0.369 e. The van der Waals surface area contributed by atoms with Crippen LogP contribution in [-0.4, -0.2) is 16.6 Å². The van der Waals surface area contributed by atoms with Crippen molar-refractivity contribution in [2.75, 3.05) is 12.8 Å². The summed E-state index contributed by atoms with van der Waals surface area (Å²) in [5, 5.41) is 0.526. The van der Waals surface area contributed by atoms with Crippen molar-refractivity contribution < 1.29 is 0 Å². The summed E-state index contributed by atoms with van der Waals surface area (Å²) in [5.74, 6) is 0.359. The summed E-state index contributed by atoms with van der Waals surface area (Å²) >= 11 is 5.78. The molecule has 0 aromatic carbocycles. The lowest BCUT2D eigenvalue weighted by atomic mass is 10.6. The lowest BCUT2D eigenvalue weighted by Crippen LogP contribution is -2.15. The van der Waals surface area contributed by atoms with Gasteiger partial charge in [-0.05, 0) is 0 Å². The predicted molar refractivity (Wildman–Crippen MR) is 44.1 cm³/mol. The molecule has 11 heavy (non-hydrogen) atoms. The molecule has 0 aliphatic rings. The first-order chi connectivity index (χ1) is 5.15. The summed E-state index contributed by atoms with van der Waals surface area (Å²) in [6.07, 6.45) is 0. The van der Waals surface area contributed by atoms with Crippen LogP contribution in [0.25, 0.3) is 0 Å². The number of nitrogens with zero attached hydrogens (tertiary/aromatic N) is 3. The van der Waals surface area contributed by atoms with Crippen LogP contribution in [0.1, 0.15) is 0 Å². The van der Waals surface area contributed by atoms with Gasteiger partial charge in [-0.1, -0.05) is 11.6 Å². The van der Waals surface area contributed by atoms with E-state index in [9.17, 15) is 0 Å². The molecule has 0 aliphatic carbocycles. The normalized spacial score (nSPS) is 12.1. The molecule has 0 amide bonds. The summed E-state index contributed by atoms with van der Waals surface area (Å²) in [4.78, 5) is 7.79. The van der Waals surface area contributed by atoms with Crippen molar-refractivity contribution in [1.82, 2.24) is 9.55 Å². The van der Waals surface area contributed by atoms with Crippen molar-refractivity contribution in [1.29, 1.82) is 0 Å². The Hall–Kier alpha value is -1.03. The molecular formula is C6H9ClN4. The van der Waals surface area contributed by atoms with Gasteiger partial charge in [0.25, 0.3) is 0 Å². The highest BCUT2D eigenvalue weighted by atomic mass is 35.5. The minimum atomic E-state index is 0.359. The highest BCUT2D eigenvalue weighted by Crippen LogP contribution is 2.04. The van der Waals surface area contributed by atoms with E-state index in [1.165, 1.54) is 0 Å². The van der Waals surface area contributed by atoms with Crippen LogP contribution in [0, 0.1) is 0 Å². The standard InChI is InChI=1S/C6H9ClN4/c1-9-5-3-4(7)11(2)6(8)10-5/h3H,1-2H3,(H2,8,9,10). The minimum Gasteiger partial charge on any atom is -0.369 e. The smallest absolute Gasteiger partial charge is 0.202 e. The van der Waals surface area contributed by atoms with E-state index in [1.54, 1.807) is 24.7 Å². The summed E-state index contributed by atoms with van der Waals surface area (Å²) in [6, 6.07) is 1.65. The van der Waals surface area contributed by atoms with Gasteiger partial charge in [0.1, 0.15) is 5.15 Å². The third kappa shape index (κ3) is 1.51. The third-order valence-corrected chi connectivity index (χ3v) is 1.73.